The monoisotopic (exact) mass is 376 g/mol. The van der Waals surface area contributed by atoms with Crippen molar-refractivity contribution in [2.24, 2.45) is 0 Å². The van der Waals surface area contributed by atoms with Crippen molar-refractivity contribution in [3.8, 4) is 0 Å². The molecule has 2 aromatic rings. The zero-order valence-electron chi connectivity index (χ0n) is 15.3. The average molecular weight is 376 g/mol. The maximum Gasteiger partial charge on any atom is 0.257 e. The summed E-state index contributed by atoms with van der Waals surface area (Å²) in [5, 5.41) is 13.6. The third kappa shape index (κ3) is 3.83. The minimum atomic E-state index is -0.989. The van der Waals surface area contributed by atoms with E-state index in [0.29, 0.717) is 42.8 Å². The fourth-order valence-corrected chi connectivity index (χ4v) is 4.20. The van der Waals surface area contributed by atoms with Crippen molar-refractivity contribution in [2.45, 2.75) is 39.2 Å². The van der Waals surface area contributed by atoms with Gasteiger partial charge in [-0.1, -0.05) is 0 Å². The molecule has 0 unspecified atom stereocenters. The highest BCUT2D eigenvalue weighted by molar-refractivity contribution is 7.12. The first kappa shape index (κ1) is 18.7. The molecule has 0 bridgehead atoms. The van der Waals surface area contributed by atoms with E-state index in [1.807, 2.05) is 19.9 Å². The highest BCUT2D eigenvalue weighted by Gasteiger charge is 2.35. The molecule has 2 amide bonds. The van der Waals surface area contributed by atoms with Gasteiger partial charge >= 0.3 is 0 Å². The van der Waals surface area contributed by atoms with Crippen molar-refractivity contribution >= 4 is 23.2 Å². The number of likely N-dealkylation sites (tertiary alicyclic amines) is 1. The van der Waals surface area contributed by atoms with E-state index < -0.39 is 5.60 Å². The van der Waals surface area contributed by atoms with Gasteiger partial charge in [0.1, 0.15) is 5.76 Å². The van der Waals surface area contributed by atoms with E-state index in [4.69, 9.17) is 4.42 Å². The van der Waals surface area contributed by atoms with Crippen LogP contribution < -0.4 is 5.32 Å². The van der Waals surface area contributed by atoms with Crippen molar-refractivity contribution in [2.75, 3.05) is 19.6 Å². The average Bonchev–Trinajstić information content (AvgIpc) is 3.18. The third-order valence-electron chi connectivity index (χ3n) is 4.93. The van der Waals surface area contributed by atoms with Gasteiger partial charge in [0.2, 0.25) is 0 Å². The van der Waals surface area contributed by atoms with Crippen molar-refractivity contribution in [3.63, 3.8) is 0 Å². The molecule has 0 aliphatic carbocycles. The molecule has 0 radical (unpaired) electrons. The van der Waals surface area contributed by atoms with Crippen LogP contribution in [0, 0.1) is 20.8 Å². The van der Waals surface area contributed by atoms with Crippen LogP contribution in [0.3, 0.4) is 0 Å². The number of nitrogens with one attached hydrogen (secondary N) is 1. The number of piperidine rings is 1. The van der Waals surface area contributed by atoms with Crippen LogP contribution in [0.15, 0.2) is 22.8 Å². The molecule has 1 aliphatic heterocycles. The van der Waals surface area contributed by atoms with E-state index in [1.165, 1.54) is 6.26 Å². The SMILES string of the molecule is Cc1cc(C(=O)NCC2(O)CCN(C(=O)c3ccoc3C)CC2)c(C)s1. The highest BCUT2D eigenvalue weighted by Crippen LogP contribution is 2.25. The summed E-state index contributed by atoms with van der Waals surface area (Å²) in [6, 6.07) is 3.54. The molecule has 6 nitrogen and oxygen atoms in total. The van der Waals surface area contributed by atoms with Crippen molar-refractivity contribution < 1.29 is 19.1 Å². The number of hydrogen-bond acceptors (Lipinski definition) is 5. The largest absolute Gasteiger partial charge is 0.469 e. The van der Waals surface area contributed by atoms with Gasteiger partial charge in [0.15, 0.2) is 0 Å². The lowest BCUT2D eigenvalue weighted by molar-refractivity contribution is -0.0149. The van der Waals surface area contributed by atoms with E-state index >= 15 is 0 Å². The summed E-state index contributed by atoms with van der Waals surface area (Å²) in [7, 11) is 0. The number of thiophene rings is 1. The van der Waals surface area contributed by atoms with Crippen LogP contribution >= 0.6 is 11.3 Å². The summed E-state index contributed by atoms with van der Waals surface area (Å²) in [5.74, 6) is 0.365. The number of carbonyl (C=O) groups excluding carboxylic acids is 2. The first-order valence-corrected chi connectivity index (χ1v) is 9.52. The summed E-state index contributed by atoms with van der Waals surface area (Å²) < 4.78 is 5.19. The molecule has 3 heterocycles. The Kier molecular flexibility index (Phi) is 5.20. The number of nitrogens with zero attached hydrogens (tertiary/aromatic N) is 1. The zero-order chi connectivity index (χ0) is 18.9. The lowest BCUT2D eigenvalue weighted by Crippen LogP contribution is -2.52. The van der Waals surface area contributed by atoms with Crippen molar-refractivity contribution in [1.29, 1.82) is 0 Å². The predicted octanol–water partition coefficient (Wildman–Crippen LogP) is 2.66. The lowest BCUT2D eigenvalue weighted by Gasteiger charge is -2.38. The highest BCUT2D eigenvalue weighted by atomic mass is 32.1. The Morgan fingerprint density at radius 1 is 1.27 bits per heavy atom. The smallest absolute Gasteiger partial charge is 0.257 e. The summed E-state index contributed by atoms with van der Waals surface area (Å²) in [6.45, 7) is 6.74. The minimum Gasteiger partial charge on any atom is -0.469 e. The summed E-state index contributed by atoms with van der Waals surface area (Å²) in [6.07, 6.45) is 2.36. The molecule has 0 spiro atoms. The number of furan rings is 1. The number of amides is 2. The Morgan fingerprint density at radius 3 is 2.50 bits per heavy atom. The second-order valence-corrected chi connectivity index (χ2v) is 8.38. The predicted molar refractivity (Wildman–Crippen MR) is 99.7 cm³/mol. The van der Waals surface area contributed by atoms with Gasteiger partial charge in [-0.3, -0.25) is 9.59 Å². The van der Waals surface area contributed by atoms with Crippen LogP contribution in [0.25, 0.3) is 0 Å². The molecule has 1 aliphatic rings. The molecule has 7 heteroatoms. The summed E-state index contributed by atoms with van der Waals surface area (Å²) in [5.41, 5.74) is 0.239. The Balaban J connectivity index is 1.55. The number of rotatable bonds is 4. The Bertz CT molecular complexity index is 815. The lowest BCUT2D eigenvalue weighted by atomic mass is 9.91. The molecular weight excluding hydrogens is 352 g/mol. The summed E-state index contributed by atoms with van der Waals surface area (Å²) >= 11 is 1.59. The maximum absolute atomic E-state index is 12.5. The van der Waals surface area contributed by atoms with Gasteiger partial charge in [-0.25, -0.2) is 0 Å². The molecule has 2 aromatic heterocycles. The van der Waals surface area contributed by atoms with Crippen molar-refractivity contribution in [1.82, 2.24) is 10.2 Å². The van der Waals surface area contributed by atoms with E-state index in [9.17, 15) is 14.7 Å². The van der Waals surface area contributed by atoms with Crippen LogP contribution in [0.5, 0.6) is 0 Å². The van der Waals surface area contributed by atoms with Crippen LogP contribution in [-0.4, -0.2) is 47.1 Å². The van der Waals surface area contributed by atoms with E-state index in [1.54, 1.807) is 29.2 Å². The molecule has 1 fully saturated rings. The zero-order valence-corrected chi connectivity index (χ0v) is 16.1. The molecule has 1 saturated heterocycles. The van der Waals surface area contributed by atoms with Crippen LogP contribution in [0.4, 0.5) is 0 Å². The van der Waals surface area contributed by atoms with Crippen LogP contribution in [-0.2, 0) is 0 Å². The first-order valence-electron chi connectivity index (χ1n) is 8.70. The molecule has 26 heavy (non-hydrogen) atoms. The molecule has 3 rings (SSSR count). The van der Waals surface area contributed by atoms with Gasteiger partial charge in [0.05, 0.1) is 23.0 Å². The van der Waals surface area contributed by atoms with Crippen LogP contribution in [0.2, 0.25) is 0 Å². The fourth-order valence-electron chi connectivity index (χ4n) is 3.28. The first-order chi connectivity index (χ1) is 12.3. The summed E-state index contributed by atoms with van der Waals surface area (Å²) in [4.78, 5) is 28.6. The maximum atomic E-state index is 12.5. The second kappa shape index (κ2) is 7.25. The van der Waals surface area contributed by atoms with Gasteiger partial charge in [-0.15, -0.1) is 11.3 Å². The fraction of sp³-hybridized carbons (Fsp3) is 0.474. The van der Waals surface area contributed by atoms with Gasteiger partial charge in [-0.05, 0) is 45.7 Å². The number of carbonyl (C=O) groups is 2. The van der Waals surface area contributed by atoms with Gasteiger partial charge in [-0.2, -0.15) is 0 Å². The standard InChI is InChI=1S/C19H24N2O4S/c1-12-10-16(14(3)26-12)17(22)20-11-19(24)5-7-21(8-6-19)18(23)15-4-9-25-13(15)2/h4,9-10,24H,5-8,11H2,1-3H3,(H,20,22). The molecular formula is C19H24N2O4S. The van der Waals surface area contributed by atoms with Gasteiger partial charge in [0, 0.05) is 29.4 Å². The number of aliphatic hydroxyl groups is 1. The molecule has 140 valence electrons. The van der Waals surface area contributed by atoms with E-state index in [2.05, 4.69) is 5.32 Å². The Labute approximate surface area is 156 Å². The topological polar surface area (TPSA) is 82.8 Å². The Hall–Kier alpha value is -2.12. The minimum absolute atomic E-state index is 0.0771. The van der Waals surface area contributed by atoms with E-state index in [0.717, 1.165) is 9.75 Å². The molecule has 0 atom stereocenters. The van der Waals surface area contributed by atoms with Crippen LogP contribution in [0.1, 0.15) is 49.1 Å². The molecule has 0 aromatic carbocycles. The molecule has 0 saturated carbocycles. The molecule has 2 N–H and O–H groups in total. The normalized spacial score (nSPS) is 16.5. The van der Waals surface area contributed by atoms with Gasteiger partial charge < -0.3 is 19.7 Å². The quantitative estimate of drug-likeness (QED) is 0.859. The number of hydrogen-bond donors (Lipinski definition) is 2. The third-order valence-corrected chi connectivity index (χ3v) is 5.90. The number of aryl methyl sites for hydroxylation is 3. The Morgan fingerprint density at radius 2 is 1.96 bits per heavy atom. The van der Waals surface area contributed by atoms with E-state index in [-0.39, 0.29) is 18.4 Å². The second-order valence-electron chi connectivity index (χ2n) is 6.92. The van der Waals surface area contributed by atoms with Gasteiger partial charge in [0.25, 0.3) is 11.8 Å². The van der Waals surface area contributed by atoms with Crippen molar-refractivity contribution in [3.05, 3.63) is 45.0 Å².